The van der Waals surface area contributed by atoms with Crippen LogP contribution in [0.2, 0.25) is 0 Å². The number of carbonyl (C=O) groups is 2. The minimum absolute atomic E-state index is 0.134. The van der Waals surface area contributed by atoms with Gasteiger partial charge in [-0.25, -0.2) is 4.98 Å². The van der Waals surface area contributed by atoms with E-state index in [-0.39, 0.29) is 24.8 Å². The second kappa shape index (κ2) is 8.80. The van der Waals surface area contributed by atoms with Crippen LogP contribution in [-0.4, -0.2) is 50.5 Å². The summed E-state index contributed by atoms with van der Waals surface area (Å²) in [7, 11) is 0. The number of rotatable bonds is 5. The number of benzene rings is 2. The molecule has 2 amide bonds. The standard InChI is InChI=1S/C25H24N4O3S/c1-15-23(33-14-27-15)17-8-6-16(7-9-17)12-26-24(31)22-11-19(30)13-29(22)25(32)21-10-18-4-2-3-5-20(18)28-21/h2-10,14,19,22,28,30H,11-13H2,1H3,(H,26,31)/t19-,22+/m1/s1. The van der Waals surface area contributed by atoms with Crippen LogP contribution in [-0.2, 0) is 11.3 Å². The number of carbonyl (C=O) groups excluding carboxylic acids is 2. The predicted octanol–water partition coefficient (Wildman–Crippen LogP) is 3.49. The molecule has 2 atom stereocenters. The molecule has 1 aliphatic heterocycles. The molecular formula is C25H24N4O3S. The lowest BCUT2D eigenvalue weighted by Crippen LogP contribution is -2.45. The van der Waals surface area contributed by atoms with Gasteiger partial charge in [-0.15, -0.1) is 11.3 Å². The largest absolute Gasteiger partial charge is 0.391 e. The number of aromatic nitrogens is 2. The van der Waals surface area contributed by atoms with E-state index in [1.807, 2.05) is 61.0 Å². The first-order chi connectivity index (χ1) is 16.0. The first-order valence-corrected chi connectivity index (χ1v) is 11.7. The Morgan fingerprint density at radius 3 is 2.73 bits per heavy atom. The second-order valence-corrected chi connectivity index (χ2v) is 9.17. The number of aliphatic hydroxyl groups is 1. The van der Waals surface area contributed by atoms with Crippen molar-refractivity contribution in [3.05, 3.63) is 77.1 Å². The van der Waals surface area contributed by atoms with Gasteiger partial charge in [-0.1, -0.05) is 42.5 Å². The van der Waals surface area contributed by atoms with E-state index in [4.69, 9.17) is 0 Å². The summed E-state index contributed by atoms with van der Waals surface area (Å²) in [6.45, 7) is 2.47. The van der Waals surface area contributed by atoms with Gasteiger partial charge < -0.3 is 20.3 Å². The van der Waals surface area contributed by atoms with Crippen LogP contribution in [0.25, 0.3) is 21.3 Å². The van der Waals surface area contributed by atoms with E-state index in [9.17, 15) is 14.7 Å². The summed E-state index contributed by atoms with van der Waals surface area (Å²) in [6.07, 6.45) is -0.502. The molecule has 1 fully saturated rings. The van der Waals surface area contributed by atoms with E-state index in [2.05, 4.69) is 15.3 Å². The van der Waals surface area contributed by atoms with Gasteiger partial charge in [0.1, 0.15) is 11.7 Å². The zero-order valence-corrected chi connectivity index (χ0v) is 18.9. The summed E-state index contributed by atoms with van der Waals surface area (Å²) in [5.41, 5.74) is 6.16. The van der Waals surface area contributed by atoms with E-state index in [0.29, 0.717) is 12.2 Å². The van der Waals surface area contributed by atoms with E-state index < -0.39 is 12.1 Å². The van der Waals surface area contributed by atoms with Crippen LogP contribution in [0.15, 0.2) is 60.1 Å². The number of hydrogen-bond donors (Lipinski definition) is 3. The van der Waals surface area contributed by atoms with Crippen LogP contribution >= 0.6 is 11.3 Å². The molecular weight excluding hydrogens is 436 g/mol. The van der Waals surface area contributed by atoms with Gasteiger partial charge in [-0.05, 0) is 30.2 Å². The van der Waals surface area contributed by atoms with Crippen LogP contribution in [0.1, 0.15) is 28.2 Å². The zero-order chi connectivity index (χ0) is 22.9. The number of hydrogen-bond acceptors (Lipinski definition) is 5. The third kappa shape index (κ3) is 4.27. The molecule has 3 N–H and O–H groups in total. The smallest absolute Gasteiger partial charge is 0.271 e. The molecule has 4 aromatic rings. The minimum atomic E-state index is -0.726. The molecule has 0 aliphatic carbocycles. The van der Waals surface area contributed by atoms with Crippen molar-refractivity contribution in [3.8, 4) is 10.4 Å². The zero-order valence-electron chi connectivity index (χ0n) is 18.1. The lowest BCUT2D eigenvalue weighted by Gasteiger charge is -2.23. The van der Waals surface area contributed by atoms with E-state index in [1.54, 1.807) is 17.4 Å². The molecule has 3 heterocycles. The molecule has 2 aromatic carbocycles. The number of para-hydroxylation sites is 1. The van der Waals surface area contributed by atoms with Crippen LogP contribution in [0, 0.1) is 6.92 Å². The Morgan fingerprint density at radius 2 is 2.00 bits per heavy atom. The van der Waals surface area contributed by atoms with Crippen LogP contribution in [0.5, 0.6) is 0 Å². The molecule has 8 heteroatoms. The SMILES string of the molecule is Cc1ncsc1-c1ccc(CNC(=O)[C@@H]2C[C@@H](O)CN2C(=O)c2cc3ccccc3[nH]2)cc1. The maximum absolute atomic E-state index is 13.1. The first kappa shape index (κ1) is 21.4. The van der Waals surface area contributed by atoms with Gasteiger partial charge >= 0.3 is 0 Å². The van der Waals surface area contributed by atoms with E-state index >= 15 is 0 Å². The normalized spacial score (nSPS) is 18.1. The molecule has 1 aliphatic rings. The second-order valence-electron chi connectivity index (χ2n) is 8.31. The Balaban J connectivity index is 1.26. The Hall–Kier alpha value is -3.49. The average Bonchev–Trinajstić information content (AvgIpc) is 3.55. The molecule has 0 bridgehead atoms. The third-order valence-electron chi connectivity index (χ3n) is 6.03. The van der Waals surface area contributed by atoms with Crippen molar-refractivity contribution in [1.82, 2.24) is 20.2 Å². The number of fused-ring (bicyclic) bond motifs is 1. The number of aliphatic hydroxyl groups excluding tert-OH is 1. The minimum Gasteiger partial charge on any atom is -0.391 e. The van der Waals surface area contributed by atoms with Gasteiger partial charge in [0.25, 0.3) is 5.91 Å². The summed E-state index contributed by atoms with van der Waals surface area (Å²) >= 11 is 1.60. The van der Waals surface area contributed by atoms with Gasteiger partial charge in [0, 0.05) is 30.4 Å². The van der Waals surface area contributed by atoms with Crippen molar-refractivity contribution in [2.45, 2.75) is 32.0 Å². The van der Waals surface area contributed by atoms with Crippen molar-refractivity contribution in [3.63, 3.8) is 0 Å². The number of β-amino-alcohol motifs (C(OH)–C–C–N with tert-alkyl or cyclic N) is 1. The lowest BCUT2D eigenvalue weighted by molar-refractivity contribution is -0.125. The topological polar surface area (TPSA) is 98.3 Å². The lowest BCUT2D eigenvalue weighted by atomic mass is 10.1. The number of nitrogens with one attached hydrogen (secondary N) is 2. The fourth-order valence-corrected chi connectivity index (χ4v) is 5.10. The quantitative estimate of drug-likeness (QED) is 0.425. The number of aryl methyl sites for hydroxylation is 1. The number of amides is 2. The summed E-state index contributed by atoms with van der Waals surface area (Å²) in [5, 5.41) is 14.1. The number of thiazole rings is 1. The molecule has 0 saturated carbocycles. The number of likely N-dealkylation sites (tertiary alicyclic amines) is 1. The van der Waals surface area contributed by atoms with Gasteiger partial charge in [0.15, 0.2) is 0 Å². The van der Waals surface area contributed by atoms with Gasteiger partial charge in [-0.2, -0.15) is 0 Å². The van der Waals surface area contributed by atoms with Crippen LogP contribution in [0.4, 0.5) is 0 Å². The molecule has 0 unspecified atom stereocenters. The Labute approximate surface area is 195 Å². The summed E-state index contributed by atoms with van der Waals surface area (Å²) in [5.74, 6) is -0.550. The highest BCUT2D eigenvalue weighted by Crippen LogP contribution is 2.27. The van der Waals surface area contributed by atoms with Gasteiger partial charge in [0.05, 0.1) is 22.2 Å². The molecule has 5 rings (SSSR count). The maximum atomic E-state index is 13.1. The summed E-state index contributed by atoms with van der Waals surface area (Å²) in [6, 6.07) is 16.7. The number of nitrogens with zero attached hydrogens (tertiary/aromatic N) is 2. The highest BCUT2D eigenvalue weighted by atomic mass is 32.1. The molecule has 1 saturated heterocycles. The Morgan fingerprint density at radius 1 is 1.21 bits per heavy atom. The molecule has 7 nitrogen and oxygen atoms in total. The molecule has 0 radical (unpaired) electrons. The summed E-state index contributed by atoms with van der Waals surface area (Å²) in [4.78, 5) is 36.1. The van der Waals surface area contributed by atoms with Crippen molar-refractivity contribution < 1.29 is 14.7 Å². The highest BCUT2D eigenvalue weighted by molar-refractivity contribution is 7.13. The molecule has 33 heavy (non-hydrogen) atoms. The maximum Gasteiger partial charge on any atom is 0.271 e. The summed E-state index contributed by atoms with van der Waals surface area (Å²) < 4.78 is 0. The average molecular weight is 461 g/mol. The van der Waals surface area contributed by atoms with Crippen molar-refractivity contribution in [1.29, 1.82) is 0 Å². The van der Waals surface area contributed by atoms with Gasteiger partial charge in [0.2, 0.25) is 5.91 Å². The predicted molar refractivity (Wildman–Crippen MR) is 128 cm³/mol. The van der Waals surface area contributed by atoms with Crippen LogP contribution < -0.4 is 5.32 Å². The molecule has 168 valence electrons. The monoisotopic (exact) mass is 460 g/mol. The number of H-pyrrole nitrogens is 1. The molecule has 0 spiro atoms. The van der Waals surface area contributed by atoms with Crippen molar-refractivity contribution in [2.75, 3.05) is 6.54 Å². The Bertz CT molecular complexity index is 1280. The van der Waals surface area contributed by atoms with Crippen LogP contribution in [0.3, 0.4) is 0 Å². The van der Waals surface area contributed by atoms with Gasteiger partial charge in [-0.3, -0.25) is 9.59 Å². The van der Waals surface area contributed by atoms with Crippen molar-refractivity contribution in [2.24, 2.45) is 0 Å². The third-order valence-corrected chi connectivity index (χ3v) is 7.01. The highest BCUT2D eigenvalue weighted by Gasteiger charge is 2.39. The molecule has 2 aromatic heterocycles. The fourth-order valence-electron chi connectivity index (χ4n) is 4.29. The Kier molecular flexibility index (Phi) is 5.70. The van der Waals surface area contributed by atoms with E-state index in [0.717, 1.165) is 32.6 Å². The first-order valence-electron chi connectivity index (χ1n) is 10.8. The van der Waals surface area contributed by atoms with E-state index in [1.165, 1.54) is 4.90 Å². The fraction of sp³-hybridized carbons (Fsp3) is 0.240. The van der Waals surface area contributed by atoms with Crippen molar-refractivity contribution >= 4 is 34.1 Å². The number of aromatic amines is 1.